The molecule has 0 unspecified atom stereocenters. The standard InChI is InChI=1S/C21H26N6O2/c1-25-14-16(13-23-25)18-12-17-19(2-5-22-20(17)24-18)26-6-8-27(9-7-26)21(28)15-3-10-29-11-4-15/h2,5,12-15H,3-4,6-11H2,1H3,(H,22,24). The molecule has 1 amide bonds. The number of aromatic nitrogens is 4. The lowest BCUT2D eigenvalue weighted by molar-refractivity contribution is -0.138. The fourth-order valence-electron chi connectivity index (χ4n) is 4.37. The molecule has 0 bridgehead atoms. The van der Waals surface area contributed by atoms with Gasteiger partial charge in [0.25, 0.3) is 0 Å². The first-order chi connectivity index (χ1) is 14.2. The fourth-order valence-corrected chi connectivity index (χ4v) is 4.37. The van der Waals surface area contributed by atoms with Gasteiger partial charge in [-0.1, -0.05) is 0 Å². The van der Waals surface area contributed by atoms with Gasteiger partial charge in [0.2, 0.25) is 5.91 Å². The van der Waals surface area contributed by atoms with Crippen LogP contribution in [0.3, 0.4) is 0 Å². The summed E-state index contributed by atoms with van der Waals surface area (Å²) in [7, 11) is 1.91. The highest BCUT2D eigenvalue weighted by Crippen LogP contribution is 2.31. The molecule has 152 valence electrons. The van der Waals surface area contributed by atoms with Crippen LogP contribution in [0.15, 0.2) is 30.7 Å². The van der Waals surface area contributed by atoms with Crippen LogP contribution in [0.4, 0.5) is 5.69 Å². The van der Waals surface area contributed by atoms with Gasteiger partial charge in [0.05, 0.1) is 11.9 Å². The highest BCUT2D eigenvalue weighted by atomic mass is 16.5. The Labute approximate surface area is 169 Å². The molecule has 5 rings (SSSR count). The number of anilines is 1. The van der Waals surface area contributed by atoms with Gasteiger partial charge in [-0.25, -0.2) is 4.98 Å². The number of nitrogens with one attached hydrogen (secondary N) is 1. The largest absolute Gasteiger partial charge is 0.381 e. The van der Waals surface area contributed by atoms with Crippen LogP contribution >= 0.6 is 0 Å². The van der Waals surface area contributed by atoms with Crippen molar-refractivity contribution in [3.63, 3.8) is 0 Å². The molecule has 5 heterocycles. The molecule has 8 heteroatoms. The van der Waals surface area contributed by atoms with Crippen molar-refractivity contribution in [2.24, 2.45) is 13.0 Å². The first-order valence-corrected chi connectivity index (χ1v) is 10.3. The molecule has 29 heavy (non-hydrogen) atoms. The zero-order chi connectivity index (χ0) is 19.8. The van der Waals surface area contributed by atoms with Crippen molar-refractivity contribution in [2.45, 2.75) is 12.8 Å². The van der Waals surface area contributed by atoms with E-state index >= 15 is 0 Å². The van der Waals surface area contributed by atoms with Crippen LogP contribution in [0.1, 0.15) is 12.8 Å². The van der Waals surface area contributed by atoms with Gasteiger partial charge in [-0.3, -0.25) is 9.48 Å². The van der Waals surface area contributed by atoms with Gasteiger partial charge in [0, 0.05) is 81.4 Å². The van der Waals surface area contributed by atoms with Crippen molar-refractivity contribution in [3.05, 3.63) is 30.7 Å². The molecule has 3 aromatic heterocycles. The third kappa shape index (κ3) is 3.48. The zero-order valence-corrected chi connectivity index (χ0v) is 16.7. The van der Waals surface area contributed by atoms with Crippen molar-refractivity contribution in [1.29, 1.82) is 0 Å². The molecule has 2 aliphatic heterocycles. The number of fused-ring (bicyclic) bond motifs is 1. The molecule has 0 aromatic carbocycles. The minimum Gasteiger partial charge on any atom is -0.381 e. The summed E-state index contributed by atoms with van der Waals surface area (Å²) in [5.74, 6) is 0.433. The van der Waals surface area contributed by atoms with Gasteiger partial charge in [0.15, 0.2) is 0 Å². The van der Waals surface area contributed by atoms with Crippen molar-refractivity contribution in [2.75, 3.05) is 44.3 Å². The minimum atomic E-state index is 0.134. The van der Waals surface area contributed by atoms with Crippen LogP contribution in [0.5, 0.6) is 0 Å². The van der Waals surface area contributed by atoms with Gasteiger partial charge in [0.1, 0.15) is 5.65 Å². The second kappa shape index (κ2) is 7.51. The third-order valence-electron chi connectivity index (χ3n) is 6.03. The number of rotatable bonds is 3. The van der Waals surface area contributed by atoms with E-state index in [0.717, 1.165) is 61.3 Å². The van der Waals surface area contributed by atoms with Crippen molar-refractivity contribution >= 4 is 22.6 Å². The summed E-state index contributed by atoms with van der Waals surface area (Å²) in [6.07, 6.45) is 7.39. The molecule has 3 aromatic rings. The SMILES string of the molecule is Cn1cc(-c2cc3c(N4CCN(C(=O)C5CCOCC5)CC4)ccnc3[nH]2)cn1. The van der Waals surface area contributed by atoms with Crippen LogP contribution in [-0.4, -0.2) is 69.9 Å². The minimum absolute atomic E-state index is 0.134. The highest BCUT2D eigenvalue weighted by Gasteiger charge is 2.29. The predicted octanol–water partition coefficient (Wildman–Crippen LogP) is 2.04. The average molecular weight is 394 g/mol. The third-order valence-corrected chi connectivity index (χ3v) is 6.03. The zero-order valence-electron chi connectivity index (χ0n) is 16.7. The number of H-pyrrole nitrogens is 1. The Hall–Kier alpha value is -2.87. The van der Waals surface area contributed by atoms with E-state index < -0.39 is 0 Å². The van der Waals surface area contributed by atoms with E-state index in [-0.39, 0.29) is 5.92 Å². The Morgan fingerprint density at radius 1 is 1.21 bits per heavy atom. The van der Waals surface area contributed by atoms with Crippen LogP contribution in [0, 0.1) is 5.92 Å². The van der Waals surface area contributed by atoms with Crippen LogP contribution in [0.2, 0.25) is 0 Å². The quantitative estimate of drug-likeness (QED) is 0.735. The number of hydrogen-bond acceptors (Lipinski definition) is 5. The lowest BCUT2D eigenvalue weighted by atomic mass is 9.98. The summed E-state index contributed by atoms with van der Waals surface area (Å²) in [5, 5.41) is 5.37. The lowest BCUT2D eigenvalue weighted by Crippen LogP contribution is -2.51. The molecular weight excluding hydrogens is 368 g/mol. The maximum atomic E-state index is 12.8. The second-order valence-corrected chi connectivity index (χ2v) is 7.88. The molecule has 0 atom stereocenters. The fraction of sp³-hybridized carbons (Fsp3) is 0.476. The maximum Gasteiger partial charge on any atom is 0.225 e. The highest BCUT2D eigenvalue weighted by molar-refractivity contribution is 5.93. The number of carbonyl (C=O) groups is 1. The number of aryl methyl sites for hydroxylation is 1. The molecule has 0 spiro atoms. The molecule has 0 saturated carbocycles. The van der Waals surface area contributed by atoms with Crippen molar-refractivity contribution in [1.82, 2.24) is 24.6 Å². The molecular formula is C21H26N6O2. The number of carbonyl (C=O) groups excluding carboxylic acids is 1. The Morgan fingerprint density at radius 3 is 2.72 bits per heavy atom. The van der Waals surface area contributed by atoms with Crippen molar-refractivity contribution in [3.8, 4) is 11.3 Å². The monoisotopic (exact) mass is 394 g/mol. The van der Waals surface area contributed by atoms with E-state index in [1.165, 1.54) is 5.69 Å². The number of piperazine rings is 1. The molecule has 0 aliphatic carbocycles. The molecule has 8 nitrogen and oxygen atoms in total. The summed E-state index contributed by atoms with van der Waals surface area (Å²) < 4.78 is 7.19. The number of amides is 1. The van der Waals surface area contributed by atoms with Crippen molar-refractivity contribution < 1.29 is 9.53 Å². The van der Waals surface area contributed by atoms with E-state index in [4.69, 9.17) is 4.74 Å². The molecule has 2 aliphatic rings. The van der Waals surface area contributed by atoms with Gasteiger partial charge in [-0.2, -0.15) is 5.10 Å². The molecule has 0 radical (unpaired) electrons. The smallest absolute Gasteiger partial charge is 0.225 e. The predicted molar refractivity (Wildman–Crippen MR) is 111 cm³/mol. The maximum absolute atomic E-state index is 12.8. The topological polar surface area (TPSA) is 79.3 Å². The number of nitrogens with zero attached hydrogens (tertiary/aromatic N) is 5. The Kier molecular flexibility index (Phi) is 4.71. The Bertz CT molecular complexity index is 1010. The second-order valence-electron chi connectivity index (χ2n) is 7.88. The summed E-state index contributed by atoms with van der Waals surface area (Å²) >= 11 is 0. The first-order valence-electron chi connectivity index (χ1n) is 10.3. The van der Waals surface area contributed by atoms with Crippen LogP contribution < -0.4 is 4.90 Å². The van der Waals surface area contributed by atoms with Gasteiger partial charge in [-0.05, 0) is 25.0 Å². The van der Waals surface area contributed by atoms with Crippen LogP contribution in [0.25, 0.3) is 22.3 Å². The molecule has 1 N–H and O–H groups in total. The van der Waals surface area contributed by atoms with E-state index in [2.05, 4.69) is 32.1 Å². The lowest BCUT2D eigenvalue weighted by Gasteiger charge is -2.38. The van der Waals surface area contributed by atoms with Gasteiger partial charge >= 0.3 is 0 Å². The molecule has 2 saturated heterocycles. The normalized spacial score (nSPS) is 18.5. The number of pyridine rings is 1. The summed E-state index contributed by atoms with van der Waals surface area (Å²) in [5.41, 5.74) is 4.10. The van der Waals surface area contributed by atoms with E-state index in [1.807, 2.05) is 30.5 Å². The van der Waals surface area contributed by atoms with Crippen LogP contribution in [-0.2, 0) is 16.6 Å². The Balaban J connectivity index is 1.33. The molecule has 2 fully saturated rings. The van der Waals surface area contributed by atoms with Gasteiger partial charge in [-0.15, -0.1) is 0 Å². The number of aromatic amines is 1. The number of hydrogen-bond donors (Lipinski definition) is 1. The summed E-state index contributed by atoms with van der Waals surface area (Å²) in [6.45, 7) is 4.61. The van der Waals surface area contributed by atoms with E-state index in [0.29, 0.717) is 19.1 Å². The van der Waals surface area contributed by atoms with Gasteiger partial charge < -0.3 is 19.5 Å². The van der Waals surface area contributed by atoms with E-state index in [1.54, 1.807) is 4.68 Å². The number of ether oxygens (including phenoxy) is 1. The van der Waals surface area contributed by atoms with E-state index in [9.17, 15) is 4.79 Å². The first kappa shape index (κ1) is 18.2. The summed E-state index contributed by atoms with van der Waals surface area (Å²) in [4.78, 5) is 25.1. The average Bonchev–Trinajstić information content (AvgIpc) is 3.40. The Morgan fingerprint density at radius 2 is 2.00 bits per heavy atom. The summed E-state index contributed by atoms with van der Waals surface area (Å²) in [6, 6.07) is 4.22.